The van der Waals surface area contributed by atoms with E-state index in [1.807, 2.05) is 30.3 Å². The molecular weight excluding hydrogens is 464 g/mol. The molecule has 1 aromatic heterocycles. The minimum absolute atomic E-state index is 0.0600. The highest BCUT2D eigenvalue weighted by atomic mass is 32.2. The lowest BCUT2D eigenvalue weighted by Crippen LogP contribution is -2.51. The largest absolute Gasteiger partial charge is 0.374 e. The molecule has 0 aliphatic rings. The fourth-order valence-corrected chi connectivity index (χ4v) is 3.21. The fourth-order valence-electron chi connectivity index (χ4n) is 2.82. The molecule has 14 heteroatoms. The van der Waals surface area contributed by atoms with E-state index in [4.69, 9.17) is 15.6 Å². The maximum absolute atomic E-state index is 12.5. The van der Waals surface area contributed by atoms with Gasteiger partial charge in [0.15, 0.2) is 5.82 Å². The number of sulfonamides is 1. The van der Waals surface area contributed by atoms with Gasteiger partial charge in [-0.15, -0.1) is 5.10 Å². The van der Waals surface area contributed by atoms with Crippen LogP contribution in [0.4, 0.5) is 0 Å². The van der Waals surface area contributed by atoms with Gasteiger partial charge in [-0.25, -0.2) is 18.2 Å². The number of aryl methyl sites for hydroxylation is 1. The first-order valence-electron chi connectivity index (χ1n) is 10.7. The summed E-state index contributed by atoms with van der Waals surface area (Å²) in [5.41, 5.74) is 5.77. The molecule has 1 aromatic carbocycles. The number of hydrogen-bond donors (Lipinski definition) is 4. The highest BCUT2D eigenvalue weighted by Gasteiger charge is 2.28. The van der Waals surface area contributed by atoms with Crippen molar-refractivity contribution in [3.63, 3.8) is 0 Å². The molecule has 0 saturated carbocycles. The predicted octanol–water partition coefficient (Wildman–Crippen LogP) is -1.03. The predicted molar refractivity (Wildman–Crippen MR) is 123 cm³/mol. The average Bonchev–Trinajstić information content (AvgIpc) is 3.20. The van der Waals surface area contributed by atoms with E-state index in [1.165, 1.54) is 4.68 Å². The molecule has 6 N–H and O–H groups in total. The van der Waals surface area contributed by atoms with Gasteiger partial charge in [0, 0.05) is 19.5 Å². The summed E-state index contributed by atoms with van der Waals surface area (Å²) in [5.74, 6) is -0.693. The van der Waals surface area contributed by atoms with Crippen LogP contribution in [0.2, 0.25) is 0 Å². The summed E-state index contributed by atoms with van der Waals surface area (Å²) in [6.07, 6.45) is 0.508. The Labute approximate surface area is 198 Å². The van der Waals surface area contributed by atoms with Crippen molar-refractivity contribution in [2.24, 2.45) is 10.9 Å². The molecule has 2 rings (SSSR count). The molecule has 2 amide bonds. The minimum Gasteiger partial charge on any atom is -0.374 e. The van der Waals surface area contributed by atoms with E-state index in [9.17, 15) is 18.0 Å². The lowest BCUT2D eigenvalue weighted by Gasteiger charge is -2.23. The van der Waals surface area contributed by atoms with Gasteiger partial charge in [0.25, 0.3) is 0 Å². The number of nitrogens with two attached hydrogens (primary N) is 2. The monoisotopic (exact) mass is 496 g/mol. The third-order valence-corrected chi connectivity index (χ3v) is 5.41. The quantitative estimate of drug-likeness (QED) is 0.252. The van der Waals surface area contributed by atoms with Crippen LogP contribution < -0.4 is 21.5 Å². The standard InChI is InChI=1S/C20H32N8O5S/c1-20(2,21)19(30)24-16(14-33-13-15-7-4-3-5-8-15)18-25-26-27-28(18)11-6-9-17(29)23-10-12-34(22,31)32/h3-5,7-8,16H,6,9-14,21H2,1-2H3,(H,23,29)(H,24,30)(H2,22,31,32)/t16-/m1/s1. The molecule has 2 aromatic rings. The first-order valence-corrected chi connectivity index (χ1v) is 12.4. The fraction of sp³-hybridized carbons (Fsp3) is 0.550. The summed E-state index contributed by atoms with van der Waals surface area (Å²) in [7, 11) is -3.64. The third-order valence-electron chi connectivity index (χ3n) is 4.64. The van der Waals surface area contributed by atoms with E-state index >= 15 is 0 Å². The van der Waals surface area contributed by atoms with Gasteiger partial charge >= 0.3 is 0 Å². The van der Waals surface area contributed by atoms with Crippen LogP contribution >= 0.6 is 0 Å². The Morgan fingerprint density at radius 3 is 2.59 bits per heavy atom. The van der Waals surface area contributed by atoms with Gasteiger partial charge in [-0.2, -0.15) is 0 Å². The zero-order valence-corrected chi connectivity index (χ0v) is 20.1. The second-order valence-corrected chi connectivity index (χ2v) is 10.1. The van der Waals surface area contributed by atoms with Crippen molar-refractivity contribution in [3.8, 4) is 0 Å². The maximum Gasteiger partial charge on any atom is 0.240 e. The Kier molecular flexibility index (Phi) is 10.0. The molecule has 13 nitrogen and oxygen atoms in total. The number of carbonyl (C=O) groups excluding carboxylic acids is 2. The number of aromatic nitrogens is 4. The van der Waals surface area contributed by atoms with Gasteiger partial charge in [0.2, 0.25) is 21.8 Å². The van der Waals surface area contributed by atoms with Crippen LogP contribution in [-0.2, 0) is 37.5 Å². The number of benzene rings is 1. The van der Waals surface area contributed by atoms with Gasteiger partial charge in [0.05, 0.1) is 24.5 Å². The molecule has 1 heterocycles. The van der Waals surface area contributed by atoms with E-state index in [0.29, 0.717) is 25.4 Å². The second kappa shape index (κ2) is 12.5. The Balaban J connectivity index is 1.97. The van der Waals surface area contributed by atoms with Crippen LogP contribution in [0.5, 0.6) is 0 Å². The van der Waals surface area contributed by atoms with Gasteiger partial charge in [0.1, 0.15) is 6.04 Å². The van der Waals surface area contributed by atoms with Crippen molar-refractivity contribution >= 4 is 21.8 Å². The molecule has 0 aliphatic carbocycles. The van der Waals surface area contributed by atoms with Crippen molar-refractivity contribution in [1.29, 1.82) is 0 Å². The number of carbonyl (C=O) groups is 2. The van der Waals surface area contributed by atoms with E-state index in [2.05, 4.69) is 26.2 Å². The summed E-state index contributed by atoms with van der Waals surface area (Å²) in [6, 6.07) is 8.90. The van der Waals surface area contributed by atoms with E-state index < -0.39 is 27.5 Å². The third kappa shape index (κ3) is 9.91. The van der Waals surface area contributed by atoms with Crippen LogP contribution in [-0.4, -0.2) is 64.9 Å². The number of rotatable bonds is 14. The highest BCUT2D eigenvalue weighted by Crippen LogP contribution is 2.14. The first-order chi connectivity index (χ1) is 16.0. The summed E-state index contributed by atoms with van der Waals surface area (Å²) in [5, 5.41) is 21.9. The van der Waals surface area contributed by atoms with Crippen LogP contribution in [0.25, 0.3) is 0 Å². The molecule has 0 spiro atoms. The Hall–Kier alpha value is -2.94. The molecule has 188 valence electrons. The molecule has 0 aliphatic heterocycles. The second-order valence-electron chi connectivity index (χ2n) is 8.33. The zero-order valence-electron chi connectivity index (χ0n) is 19.3. The molecule has 0 radical (unpaired) electrons. The van der Waals surface area contributed by atoms with Crippen molar-refractivity contribution < 1.29 is 22.7 Å². The number of amides is 2. The molecular formula is C20H32N8O5S. The molecule has 0 saturated heterocycles. The zero-order chi connectivity index (χ0) is 25.2. The molecule has 34 heavy (non-hydrogen) atoms. The first kappa shape index (κ1) is 27.3. The van der Waals surface area contributed by atoms with Crippen LogP contribution in [0.3, 0.4) is 0 Å². The average molecular weight is 497 g/mol. The number of primary sulfonamides is 1. The van der Waals surface area contributed by atoms with Crippen LogP contribution in [0.1, 0.15) is 44.1 Å². The molecule has 0 bridgehead atoms. The number of nitrogens with zero attached hydrogens (tertiary/aromatic N) is 4. The van der Waals surface area contributed by atoms with E-state index in [-0.39, 0.29) is 31.2 Å². The Morgan fingerprint density at radius 2 is 1.94 bits per heavy atom. The number of ether oxygens (including phenoxy) is 1. The van der Waals surface area contributed by atoms with Crippen molar-refractivity contribution in [2.75, 3.05) is 18.9 Å². The maximum atomic E-state index is 12.5. The highest BCUT2D eigenvalue weighted by molar-refractivity contribution is 7.89. The van der Waals surface area contributed by atoms with Crippen LogP contribution in [0, 0.1) is 0 Å². The van der Waals surface area contributed by atoms with Gasteiger partial charge < -0.3 is 21.1 Å². The lowest BCUT2D eigenvalue weighted by molar-refractivity contribution is -0.126. The van der Waals surface area contributed by atoms with Crippen molar-refractivity contribution in [2.45, 2.75) is 51.4 Å². The van der Waals surface area contributed by atoms with Crippen LogP contribution in [0.15, 0.2) is 30.3 Å². The van der Waals surface area contributed by atoms with Gasteiger partial charge in [-0.1, -0.05) is 30.3 Å². The number of hydrogen-bond acceptors (Lipinski definition) is 9. The minimum atomic E-state index is -3.64. The lowest BCUT2D eigenvalue weighted by atomic mass is 10.1. The molecule has 0 fully saturated rings. The Morgan fingerprint density at radius 1 is 1.24 bits per heavy atom. The van der Waals surface area contributed by atoms with Gasteiger partial charge in [-0.3, -0.25) is 9.59 Å². The molecule has 0 unspecified atom stereocenters. The van der Waals surface area contributed by atoms with E-state index in [1.54, 1.807) is 13.8 Å². The van der Waals surface area contributed by atoms with Crippen molar-refractivity contribution in [1.82, 2.24) is 30.8 Å². The number of tetrazole rings is 1. The summed E-state index contributed by atoms with van der Waals surface area (Å²) in [4.78, 5) is 24.4. The normalized spacial score (nSPS) is 12.8. The topological polar surface area (TPSA) is 197 Å². The summed E-state index contributed by atoms with van der Waals surface area (Å²) in [6.45, 7) is 3.84. The molecule has 1 atom stereocenters. The summed E-state index contributed by atoms with van der Waals surface area (Å²) < 4.78 is 29.1. The smallest absolute Gasteiger partial charge is 0.240 e. The SMILES string of the molecule is CC(C)(N)C(=O)N[C@H](COCc1ccccc1)c1nnnn1CCCC(=O)NCCS(N)(=O)=O. The number of nitrogens with one attached hydrogen (secondary N) is 2. The van der Waals surface area contributed by atoms with Crippen molar-refractivity contribution in [3.05, 3.63) is 41.7 Å². The van der Waals surface area contributed by atoms with E-state index in [0.717, 1.165) is 5.56 Å². The van der Waals surface area contributed by atoms with Gasteiger partial charge in [-0.05, 0) is 36.3 Å². The Bertz CT molecular complexity index is 1040. The summed E-state index contributed by atoms with van der Waals surface area (Å²) >= 11 is 0.